The molecule has 4 aromatic rings. The fourth-order valence-corrected chi connectivity index (χ4v) is 3.69. The van der Waals surface area contributed by atoms with Crippen LogP contribution in [0.3, 0.4) is 0 Å². The molecule has 5 nitrogen and oxygen atoms in total. The molecule has 2 aromatic heterocycles. The molecule has 0 aliphatic heterocycles. The van der Waals surface area contributed by atoms with Crippen molar-refractivity contribution in [3.63, 3.8) is 0 Å². The largest absolute Gasteiger partial charge is 0.294 e. The number of carbonyl (C=O) groups is 1. The van der Waals surface area contributed by atoms with Gasteiger partial charge in [-0.05, 0) is 30.0 Å². The lowest BCUT2D eigenvalue weighted by Gasteiger charge is -2.23. The molecular weight excluding hydrogens is 360 g/mol. The van der Waals surface area contributed by atoms with Gasteiger partial charge in [-0.1, -0.05) is 54.1 Å². The summed E-state index contributed by atoms with van der Waals surface area (Å²) in [7, 11) is 0. The van der Waals surface area contributed by atoms with Crippen LogP contribution >= 0.6 is 11.6 Å². The van der Waals surface area contributed by atoms with Crippen LogP contribution in [-0.4, -0.2) is 25.4 Å². The zero-order valence-corrected chi connectivity index (χ0v) is 15.1. The van der Waals surface area contributed by atoms with Gasteiger partial charge < -0.3 is 0 Å². The summed E-state index contributed by atoms with van der Waals surface area (Å²) in [6.45, 7) is 0. The van der Waals surface area contributed by atoms with E-state index in [1.807, 2.05) is 54.6 Å². The fraction of sp³-hybridized carbons (Fsp3) is 0.143. The maximum absolute atomic E-state index is 12.7. The molecule has 0 unspecified atom stereocenters. The van der Waals surface area contributed by atoms with E-state index in [0.29, 0.717) is 35.0 Å². The first-order chi connectivity index (χ1) is 13.2. The summed E-state index contributed by atoms with van der Waals surface area (Å²) in [5.41, 5.74) is 3.45. The molecule has 132 valence electrons. The first kappa shape index (κ1) is 16.1. The Kier molecular flexibility index (Phi) is 3.76. The van der Waals surface area contributed by atoms with E-state index in [0.717, 1.165) is 16.8 Å². The second kappa shape index (κ2) is 6.28. The van der Waals surface area contributed by atoms with Crippen LogP contribution in [0.25, 0.3) is 17.2 Å². The van der Waals surface area contributed by atoms with E-state index >= 15 is 0 Å². The van der Waals surface area contributed by atoms with Crippen LogP contribution in [0.2, 0.25) is 5.02 Å². The lowest BCUT2D eigenvalue weighted by atomic mass is 9.82. The van der Waals surface area contributed by atoms with Crippen LogP contribution in [-0.2, 0) is 6.42 Å². The van der Waals surface area contributed by atoms with Crippen LogP contribution in [0.4, 0.5) is 0 Å². The number of ketones is 1. The summed E-state index contributed by atoms with van der Waals surface area (Å²) in [5.74, 6) is 1.31. The second-order valence-electron chi connectivity index (χ2n) is 6.73. The molecular formula is C21H15ClN4O. The summed E-state index contributed by atoms with van der Waals surface area (Å²) in [4.78, 5) is 21.9. The highest BCUT2D eigenvalue weighted by molar-refractivity contribution is 6.30. The summed E-state index contributed by atoms with van der Waals surface area (Å²) in [5, 5.41) is 5.18. The van der Waals surface area contributed by atoms with E-state index in [2.05, 4.69) is 15.1 Å². The van der Waals surface area contributed by atoms with Crippen molar-refractivity contribution in [2.75, 3.05) is 0 Å². The van der Waals surface area contributed by atoms with Gasteiger partial charge in [0.2, 0.25) is 0 Å². The van der Waals surface area contributed by atoms with Gasteiger partial charge in [0.15, 0.2) is 11.6 Å². The Morgan fingerprint density at radius 3 is 2.52 bits per heavy atom. The summed E-state index contributed by atoms with van der Waals surface area (Å²) in [6.07, 6.45) is 2.92. The molecule has 2 heterocycles. The van der Waals surface area contributed by atoms with E-state index in [4.69, 9.17) is 11.6 Å². The van der Waals surface area contributed by atoms with Crippen molar-refractivity contribution in [1.29, 1.82) is 0 Å². The quantitative estimate of drug-likeness (QED) is 0.523. The molecule has 0 bridgehead atoms. The van der Waals surface area contributed by atoms with E-state index in [9.17, 15) is 4.79 Å². The van der Waals surface area contributed by atoms with Gasteiger partial charge in [0.25, 0.3) is 5.78 Å². The van der Waals surface area contributed by atoms with Crippen molar-refractivity contribution >= 4 is 23.2 Å². The van der Waals surface area contributed by atoms with Crippen molar-refractivity contribution in [2.45, 2.75) is 18.8 Å². The molecule has 0 saturated heterocycles. The zero-order valence-electron chi connectivity index (χ0n) is 14.3. The minimum absolute atomic E-state index is 0.0855. The summed E-state index contributed by atoms with van der Waals surface area (Å²) < 4.78 is 1.60. The average molecular weight is 375 g/mol. The molecule has 1 aliphatic carbocycles. The van der Waals surface area contributed by atoms with Crippen molar-refractivity contribution in [3.05, 3.63) is 82.6 Å². The normalized spacial score (nSPS) is 16.5. The van der Waals surface area contributed by atoms with Gasteiger partial charge in [-0.3, -0.25) is 4.79 Å². The summed E-state index contributed by atoms with van der Waals surface area (Å²) in [6, 6.07) is 17.4. The third-order valence-corrected chi connectivity index (χ3v) is 5.21. The Balaban J connectivity index is 1.55. The molecule has 0 fully saturated rings. The Bertz CT molecular complexity index is 1150. The number of rotatable bonds is 2. The smallest absolute Gasteiger partial charge is 0.252 e. The Hall–Kier alpha value is -3.05. The third-order valence-electron chi connectivity index (χ3n) is 4.96. The number of nitrogens with zero attached hydrogens (tertiary/aromatic N) is 4. The zero-order chi connectivity index (χ0) is 18.4. The van der Waals surface area contributed by atoms with E-state index in [-0.39, 0.29) is 11.7 Å². The van der Waals surface area contributed by atoms with Gasteiger partial charge in [0.1, 0.15) is 0 Å². The SMILES string of the molecule is O=C1C[C@@H](c2ccc(Cl)cc2)Cc2nc3nc(-c4ccccc4)nn3cc21. The highest BCUT2D eigenvalue weighted by Crippen LogP contribution is 2.32. The highest BCUT2D eigenvalue weighted by atomic mass is 35.5. The van der Waals surface area contributed by atoms with Gasteiger partial charge in [-0.2, -0.15) is 4.98 Å². The molecule has 27 heavy (non-hydrogen) atoms. The minimum Gasteiger partial charge on any atom is -0.294 e. The molecule has 0 N–H and O–H groups in total. The topological polar surface area (TPSA) is 60.2 Å². The number of benzene rings is 2. The molecule has 5 rings (SSSR count). The molecule has 6 heteroatoms. The van der Waals surface area contributed by atoms with Gasteiger partial charge in [0.05, 0.1) is 11.3 Å². The van der Waals surface area contributed by atoms with Crippen LogP contribution in [0.15, 0.2) is 60.8 Å². The van der Waals surface area contributed by atoms with E-state index < -0.39 is 0 Å². The molecule has 0 spiro atoms. The Morgan fingerprint density at radius 2 is 1.74 bits per heavy atom. The van der Waals surface area contributed by atoms with Crippen LogP contribution in [0.5, 0.6) is 0 Å². The first-order valence-corrected chi connectivity index (χ1v) is 9.15. The third kappa shape index (κ3) is 2.90. The monoisotopic (exact) mass is 374 g/mol. The number of hydrogen-bond acceptors (Lipinski definition) is 4. The number of Topliss-reactive ketones (excluding diaryl/α,β-unsaturated/α-hetero) is 1. The molecule has 0 saturated carbocycles. The van der Waals surface area contributed by atoms with Gasteiger partial charge in [-0.25, -0.2) is 9.50 Å². The second-order valence-corrected chi connectivity index (χ2v) is 7.16. The predicted octanol–water partition coefficient (Wildman–Crippen LogP) is 4.36. The fourth-order valence-electron chi connectivity index (χ4n) is 3.56. The number of fused-ring (bicyclic) bond motifs is 2. The number of carbonyl (C=O) groups excluding carboxylic acids is 1. The number of aromatic nitrogens is 4. The maximum Gasteiger partial charge on any atom is 0.252 e. The average Bonchev–Trinajstić information content (AvgIpc) is 3.11. The van der Waals surface area contributed by atoms with Crippen LogP contribution < -0.4 is 0 Å². The van der Waals surface area contributed by atoms with E-state index in [1.54, 1.807) is 10.7 Å². The van der Waals surface area contributed by atoms with Gasteiger partial charge >= 0.3 is 0 Å². The van der Waals surface area contributed by atoms with Gasteiger partial charge in [0, 0.05) is 23.2 Å². The maximum atomic E-state index is 12.7. The standard InChI is InChI=1S/C21H15ClN4O/c22-16-8-6-13(7-9-16)15-10-18-17(19(27)11-15)12-26-21(23-18)24-20(25-26)14-4-2-1-3-5-14/h1-9,12,15H,10-11H2/t15-/m0/s1. The Labute approximate surface area is 160 Å². The van der Waals surface area contributed by atoms with Gasteiger partial charge in [-0.15, -0.1) is 5.10 Å². The lowest BCUT2D eigenvalue weighted by molar-refractivity contribution is 0.0962. The number of hydrogen-bond donors (Lipinski definition) is 0. The van der Waals surface area contributed by atoms with Crippen LogP contribution in [0, 0.1) is 0 Å². The lowest BCUT2D eigenvalue weighted by Crippen LogP contribution is -2.21. The van der Waals surface area contributed by atoms with Crippen LogP contribution in [0.1, 0.15) is 34.0 Å². The molecule has 2 aromatic carbocycles. The highest BCUT2D eigenvalue weighted by Gasteiger charge is 2.28. The molecule has 0 radical (unpaired) electrons. The molecule has 1 aliphatic rings. The molecule has 0 amide bonds. The van der Waals surface area contributed by atoms with E-state index in [1.165, 1.54) is 0 Å². The predicted molar refractivity (Wildman–Crippen MR) is 103 cm³/mol. The van der Waals surface area contributed by atoms with Crippen molar-refractivity contribution in [2.24, 2.45) is 0 Å². The Morgan fingerprint density at radius 1 is 0.963 bits per heavy atom. The van der Waals surface area contributed by atoms with Crippen molar-refractivity contribution < 1.29 is 4.79 Å². The van der Waals surface area contributed by atoms with Crippen molar-refractivity contribution in [1.82, 2.24) is 19.6 Å². The summed E-state index contributed by atoms with van der Waals surface area (Å²) >= 11 is 5.98. The first-order valence-electron chi connectivity index (χ1n) is 8.78. The minimum atomic E-state index is 0.0855. The molecule has 1 atom stereocenters. The van der Waals surface area contributed by atoms with Crippen molar-refractivity contribution in [3.8, 4) is 11.4 Å². The number of halogens is 1.